The number of furan rings is 1. The standard InChI is InChI=1S/C18H23N3O2/c22-18(20-11-15(12-20)10-14-7-9-23-13-14)17-6-8-21(19-17)16-4-2-1-3-5-16/h6-9,13,15-16H,1-5,10-12H2. The summed E-state index contributed by atoms with van der Waals surface area (Å²) in [4.78, 5) is 14.4. The smallest absolute Gasteiger partial charge is 0.274 e. The van der Waals surface area contributed by atoms with Crippen molar-refractivity contribution in [1.29, 1.82) is 0 Å². The van der Waals surface area contributed by atoms with E-state index < -0.39 is 0 Å². The number of amides is 1. The molecule has 2 aromatic rings. The van der Waals surface area contributed by atoms with Crippen molar-refractivity contribution in [2.45, 2.75) is 44.6 Å². The zero-order valence-electron chi connectivity index (χ0n) is 13.4. The first-order valence-electron chi connectivity index (χ1n) is 8.65. The van der Waals surface area contributed by atoms with Crippen LogP contribution < -0.4 is 0 Å². The molecular formula is C18H23N3O2. The van der Waals surface area contributed by atoms with Crippen LogP contribution in [0, 0.1) is 5.92 Å². The lowest BCUT2D eigenvalue weighted by Gasteiger charge is -2.38. The van der Waals surface area contributed by atoms with E-state index in [-0.39, 0.29) is 5.91 Å². The van der Waals surface area contributed by atoms with Crippen molar-refractivity contribution in [2.75, 3.05) is 13.1 Å². The van der Waals surface area contributed by atoms with E-state index in [0.29, 0.717) is 17.7 Å². The summed E-state index contributed by atoms with van der Waals surface area (Å²) < 4.78 is 7.10. The first-order valence-corrected chi connectivity index (χ1v) is 8.65. The average molecular weight is 313 g/mol. The van der Waals surface area contributed by atoms with Crippen molar-refractivity contribution in [3.05, 3.63) is 42.1 Å². The summed E-state index contributed by atoms with van der Waals surface area (Å²) in [5, 5.41) is 4.55. The van der Waals surface area contributed by atoms with Crippen molar-refractivity contribution in [1.82, 2.24) is 14.7 Å². The molecule has 23 heavy (non-hydrogen) atoms. The third-order valence-electron chi connectivity index (χ3n) is 5.13. The Balaban J connectivity index is 1.32. The third kappa shape index (κ3) is 3.05. The van der Waals surface area contributed by atoms with Crippen molar-refractivity contribution < 1.29 is 9.21 Å². The number of carbonyl (C=O) groups is 1. The highest BCUT2D eigenvalue weighted by Gasteiger charge is 2.32. The minimum absolute atomic E-state index is 0.0722. The second-order valence-electron chi connectivity index (χ2n) is 6.88. The Morgan fingerprint density at radius 2 is 2.04 bits per heavy atom. The molecule has 2 aliphatic rings. The molecule has 1 amide bonds. The zero-order valence-corrected chi connectivity index (χ0v) is 13.4. The fraction of sp³-hybridized carbons (Fsp3) is 0.556. The van der Waals surface area contributed by atoms with Gasteiger partial charge in [0.1, 0.15) is 5.69 Å². The van der Waals surface area contributed by atoms with Crippen LogP contribution in [0.4, 0.5) is 0 Å². The lowest BCUT2D eigenvalue weighted by molar-refractivity contribution is 0.0493. The Morgan fingerprint density at radius 1 is 1.22 bits per heavy atom. The molecule has 0 bridgehead atoms. The molecule has 0 aromatic carbocycles. The second kappa shape index (κ2) is 6.22. The normalized spacial score (nSPS) is 19.7. The highest BCUT2D eigenvalue weighted by Crippen LogP contribution is 2.28. The van der Waals surface area contributed by atoms with Crippen LogP contribution in [0.1, 0.15) is 54.2 Å². The van der Waals surface area contributed by atoms with Gasteiger partial charge in [-0.3, -0.25) is 9.48 Å². The van der Waals surface area contributed by atoms with Crippen LogP contribution in [0.25, 0.3) is 0 Å². The van der Waals surface area contributed by atoms with E-state index >= 15 is 0 Å². The Kier molecular flexibility index (Phi) is 3.93. The van der Waals surface area contributed by atoms with E-state index in [0.717, 1.165) is 19.5 Å². The van der Waals surface area contributed by atoms with Crippen LogP contribution in [0.3, 0.4) is 0 Å². The highest BCUT2D eigenvalue weighted by atomic mass is 16.3. The van der Waals surface area contributed by atoms with E-state index in [1.54, 1.807) is 12.5 Å². The number of rotatable bonds is 4. The SMILES string of the molecule is O=C(c1ccn(C2CCCCC2)n1)N1CC(Cc2ccoc2)C1. The molecule has 4 rings (SSSR count). The molecule has 2 aromatic heterocycles. The summed E-state index contributed by atoms with van der Waals surface area (Å²) in [7, 11) is 0. The van der Waals surface area contributed by atoms with Gasteiger partial charge in [0, 0.05) is 19.3 Å². The molecule has 1 saturated heterocycles. The molecule has 1 aliphatic carbocycles. The number of aromatic nitrogens is 2. The minimum atomic E-state index is 0.0722. The first kappa shape index (κ1) is 14.5. The average Bonchev–Trinajstić information content (AvgIpc) is 3.22. The first-order chi connectivity index (χ1) is 11.3. The maximum Gasteiger partial charge on any atom is 0.274 e. The predicted molar refractivity (Wildman–Crippen MR) is 86.2 cm³/mol. The van der Waals surface area contributed by atoms with Gasteiger partial charge in [0.25, 0.3) is 5.91 Å². The van der Waals surface area contributed by atoms with Crippen molar-refractivity contribution in [3.8, 4) is 0 Å². The summed E-state index contributed by atoms with van der Waals surface area (Å²) in [6, 6.07) is 4.35. The number of hydrogen-bond acceptors (Lipinski definition) is 3. The van der Waals surface area contributed by atoms with E-state index in [9.17, 15) is 4.79 Å². The van der Waals surface area contributed by atoms with Crippen molar-refractivity contribution in [2.24, 2.45) is 5.92 Å². The van der Waals surface area contributed by atoms with E-state index in [2.05, 4.69) is 5.10 Å². The van der Waals surface area contributed by atoms with Gasteiger partial charge in [-0.15, -0.1) is 0 Å². The van der Waals surface area contributed by atoms with Gasteiger partial charge in [-0.2, -0.15) is 5.10 Å². The van der Waals surface area contributed by atoms with Gasteiger partial charge in [-0.1, -0.05) is 19.3 Å². The molecule has 5 heteroatoms. The van der Waals surface area contributed by atoms with Gasteiger partial charge in [0.2, 0.25) is 0 Å². The van der Waals surface area contributed by atoms with Crippen molar-refractivity contribution in [3.63, 3.8) is 0 Å². The fourth-order valence-corrected chi connectivity index (χ4v) is 3.77. The summed E-state index contributed by atoms with van der Waals surface area (Å²) in [6.45, 7) is 1.64. The molecule has 2 fully saturated rings. The Bertz CT molecular complexity index is 650. The van der Waals surface area contributed by atoms with Gasteiger partial charge in [0.05, 0.1) is 18.6 Å². The summed E-state index contributed by atoms with van der Waals surface area (Å²) >= 11 is 0. The molecule has 0 radical (unpaired) electrons. The van der Waals surface area contributed by atoms with Gasteiger partial charge in [-0.05, 0) is 42.9 Å². The monoisotopic (exact) mass is 313 g/mol. The molecule has 122 valence electrons. The number of nitrogens with zero attached hydrogens (tertiary/aromatic N) is 3. The topological polar surface area (TPSA) is 51.3 Å². The summed E-state index contributed by atoms with van der Waals surface area (Å²) in [5.41, 5.74) is 1.81. The molecular weight excluding hydrogens is 290 g/mol. The third-order valence-corrected chi connectivity index (χ3v) is 5.13. The zero-order chi connectivity index (χ0) is 15.6. The molecule has 1 saturated carbocycles. The van der Waals surface area contributed by atoms with E-state index in [1.807, 2.05) is 27.9 Å². The van der Waals surface area contributed by atoms with Crippen LogP contribution in [-0.2, 0) is 6.42 Å². The second-order valence-corrected chi connectivity index (χ2v) is 6.88. The van der Waals surface area contributed by atoms with Gasteiger partial charge >= 0.3 is 0 Å². The van der Waals surface area contributed by atoms with Gasteiger partial charge in [0.15, 0.2) is 0 Å². The Hall–Kier alpha value is -2.04. The molecule has 3 heterocycles. The maximum absolute atomic E-state index is 12.5. The van der Waals surface area contributed by atoms with Crippen LogP contribution in [-0.4, -0.2) is 33.7 Å². The molecule has 0 N–H and O–H groups in total. The molecule has 0 unspecified atom stereocenters. The molecule has 0 atom stereocenters. The Labute approximate surface area is 136 Å². The van der Waals surface area contributed by atoms with Crippen LogP contribution >= 0.6 is 0 Å². The highest BCUT2D eigenvalue weighted by molar-refractivity contribution is 5.92. The maximum atomic E-state index is 12.5. The van der Waals surface area contributed by atoms with Crippen LogP contribution in [0.2, 0.25) is 0 Å². The van der Waals surface area contributed by atoms with Gasteiger partial charge < -0.3 is 9.32 Å². The lowest BCUT2D eigenvalue weighted by Crippen LogP contribution is -2.50. The Morgan fingerprint density at radius 3 is 2.78 bits per heavy atom. The quantitative estimate of drug-likeness (QED) is 0.870. The molecule has 1 aliphatic heterocycles. The lowest BCUT2D eigenvalue weighted by atomic mass is 9.93. The molecule has 0 spiro atoms. The fourth-order valence-electron chi connectivity index (χ4n) is 3.77. The predicted octanol–water partition coefficient (Wildman–Crippen LogP) is 3.30. The van der Waals surface area contributed by atoms with Crippen LogP contribution in [0.15, 0.2) is 35.3 Å². The van der Waals surface area contributed by atoms with Crippen LogP contribution in [0.5, 0.6) is 0 Å². The molecule has 5 nitrogen and oxygen atoms in total. The van der Waals surface area contributed by atoms with Crippen molar-refractivity contribution >= 4 is 5.91 Å². The summed E-state index contributed by atoms with van der Waals surface area (Å²) in [6.07, 6.45) is 12.7. The number of carbonyl (C=O) groups excluding carboxylic acids is 1. The summed E-state index contributed by atoms with van der Waals surface area (Å²) in [5.74, 6) is 0.611. The minimum Gasteiger partial charge on any atom is -0.472 e. The number of hydrogen-bond donors (Lipinski definition) is 0. The van der Waals surface area contributed by atoms with E-state index in [1.165, 1.54) is 37.7 Å². The van der Waals surface area contributed by atoms with E-state index in [4.69, 9.17) is 4.42 Å². The van der Waals surface area contributed by atoms with Gasteiger partial charge in [-0.25, -0.2) is 0 Å². The largest absolute Gasteiger partial charge is 0.472 e. The number of likely N-dealkylation sites (tertiary alicyclic amines) is 1.